The number of fused-ring (bicyclic) bond motifs is 1. The van der Waals surface area contributed by atoms with Crippen molar-refractivity contribution in [1.29, 1.82) is 0 Å². The molecule has 8 rings (SSSR count). The molecule has 2 aromatic carbocycles. The van der Waals surface area contributed by atoms with E-state index in [1.54, 1.807) is 52.7 Å². The minimum atomic E-state index is -0.693. The lowest BCUT2D eigenvalue weighted by Crippen LogP contribution is -2.44. The molecule has 0 unspecified atom stereocenters. The van der Waals surface area contributed by atoms with Crippen LogP contribution in [0.4, 0.5) is 11.9 Å². The third-order valence-corrected chi connectivity index (χ3v) is 11.5. The van der Waals surface area contributed by atoms with Gasteiger partial charge >= 0.3 is 0 Å². The van der Waals surface area contributed by atoms with Gasteiger partial charge in [0.15, 0.2) is 0 Å². The summed E-state index contributed by atoms with van der Waals surface area (Å²) in [6.45, 7) is 11.1. The second-order valence-electron chi connectivity index (χ2n) is 16.3. The normalized spacial score (nSPS) is 15.7. The molecule has 2 aliphatic rings. The Balaban J connectivity index is 1.08. The van der Waals surface area contributed by atoms with E-state index in [-0.39, 0.29) is 67.2 Å². The molecule has 22 heteroatoms. The van der Waals surface area contributed by atoms with E-state index in [1.165, 1.54) is 0 Å². The Morgan fingerprint density at radius 1 is 0.818 bits per heavy atom. The maximum Gasteiger partial charge on any atom is 0.276 e. The van der Waals surface area contributed by atoms with Gasteiger partial charge in [0.1, 0.15) is 40.5 Å². The molecule has 348 valence electrons. The SMILES string of the molecule is CCn1nc(C)cc1C(=O)Nc1nc2cc(C(N)=O)cc(OCCCNC(=O)C[C@H]3COCCN3)c2n1CCC[C@H]1COc2cc(C(N)=O)cc3nc(NC(=O)c4cc(C)nn4CC)n1c23. The van der Waals surface area contributed by atoms with E-state index >= 15 is 0 Å². The number of imidazole rings is 2. The minimum absolute atomic E-state index is 0.0467. The summed E-state index contributed by atoms with van der Waals surface area (Å²) in [6, 6.07) is 9.22. The van der Waals surface area contributed by atoms with E-state index in [1.807, 2.05) is 29.9 Å². The van der Waals surface area contributed by atoms with E-state index in [9.17, 15) is 24.0 Å². The molecule has 22 nitrogen and oxygen atoms in total. The van der Waals surface area contributed by atoms with Crippen molar-refractivity contribution in [3.05, 3.63) is 70.3 Å². The molecular formula is C44H54N14O8. The fourth-order valence-electron chi connectivity index (χ4n) is 8.44. The average Bonchev–Trinajstić information content (AvgIpc) is 4.07. The van der Waals surface area contributed by atoms with Crippen LogP contribution < -0.4 is 42.2 Å². The van der Waals surface area contributed by atoms with Crippen molar-refractivity contribution in [2.24, 2.45) is 11.5 Å². The van der Waals surface area contributed by atoms with Crippen LogP contribution in [0.25, 0.3) is 22.1 Å². The number of aryl methyl sites for hydroxylation is 5. The Bertz CT molecular complexity index is 2830. The Morgan fingerprint density at radius 3 is 2.09 bits per heavy atom. The van der Waals surface area contributed by atoms with Crippen LogP contribution in [-0.4, -0.2) is 114 Å². The van der Waals surface area contributed by atoms with Gasteiger partial charge < -0.3 is 45.4 Å². The third kappa shape index (κ3) is 9.54. The van der Waals surface area contributed by atoms with Gasteiger partial charge in [0.25, 0.3) is 11.8 Å². The lowest BCUT2D eigenvalue weighted by Gasteiger charge is -2.27. The van der Waals surface area contributed by atoms with Gasteiger partial charge in [-0.25, -0.2) is 9.97 Å². The van der Waals surface area contributed by atoms with Gasteiger partial charge in [0.2, 0.25) is 29.6 Å². The van der Waals surface area contributed by atoms with Crippen LogP contribution in [0.5, 0.6) is 11.5 Å². The number of aromatic nitrogens is 8. The maximum absolute atomic E-state index is 13.9. The number of nitrogens with zero attached hydrogens (tertiary/aromatic N) is 8. The summed E-state index contributed by atoms with van der Waals surface area (Å²) in [5, 5.41) is 21.0. The van der Waals surface area contributed by atoms with Gasteiger partial charge in [0.05, 0.1) is 48.3 Å². The molecule has 0 radical (unpaired) electrons. The Labute approximate surface area is 378 Å². The highest BCUT2D eigenvalue weighted by Gasteiger charge is 2.30. The van der Waals surface area contributed by atoms with Gasteiger partial charge in [-0.2, -0.15) is 10.2 Å². The molecule has 4 aromatic heterocycles. The number of hydrogen-bond donors (Lipinski definition) is 6. The van der Waals surface area contributed by atoms with Gasteiger partial charge in [-0.3, -0.25) is 44.0 Å². The van der Waals surface area contributed by atoms with E-state index < -0.39 is 23.6 Å². The second-order valence-corrected chi connectivity index (χ2v) is 16.3. The number of rotatable bonds is 19. The average molecular weight is 907 g/mol. The van der Waals surface area contributed by atoms with Crippen molar-refractivity contribution >= 4 is 63.5 Å². The Kier molecular flexibility index (Phi) is 13.3. The van der Waals surface area contributed by atoms with Crippen LogP contribution in [0.15, 0.2) is 36.4 Å². The molecule has 2 atom stereocenters. The quantitative estimate of drug-likeness (QED) is 0.0639. The van der Waals surface area contributed by atoms with Crippen LogP contribution in [-0.2, 0) is 29.2 Å². The summed E-state index contributed by atoms with van der Waals surface area (Å²) < 4.78 is 25.0. The zero-order chi connectivity index (χ0) is 46.6. The summed E-state index contributed by atoms with van der Waals surface area (Å²) in [7, 11) is 0. The van der Waals surface area contributed by atoms with Gasteiger partial charge in [-0.15, -0.1) is 0 Å². The van der Waals surface area contributed by atoms with E-state index in [0.29, 0.717) is 115 Å². The molecule has 2 aliphatic heterocycles. The lowest BCUT2D eigenvalue weighted by molar-refractivity contribution is -0.122. The molecule has 8 N–H and O–H groups in total. The number of primary amides is 2. The smallest absolute Gasteiger partial charge is 0.276 e. The summed E-state index contributed by atoms with van der Waals surface area (Å²) in [6.07, 6.45) is 1.69. The zero-order valence-electron chi connectivity index (χ0n) is 37.3. The highest BCUT2D eigenvalue weighted by atomic mass is 16.5. The van der Waals surface area contributed by atoms with Crippen LogP contribution >= 0.6 is 0 Å². The molecular weight excluding hydrogens is 853 g/mol. The Morgan fingerprint density at radius 2 is 1.45 bits per heavy atom. The highest BCUT2D eigenvalue weighted by Crippen LogP contribution is 2.39. The number of ether oxygens (including phenoxy) is 3. The maximum atomic E-state index is 13.9. The summed E-state index contributed by atoms with van der Waals surface area (Å²) in [5.74, 6) is -1.15. The number of hydrogen-bond acceptors (Lipinski definition) is 13. The first-order valence-corrected chi connectivity index (χ1v) is 22.1. The van der Waals surface area contributed by atoms with Crippen LogP contribution in [0.1, 0.15) is 98.7 Å². The van der Waals surface area contributed by atoms with Crippen LogP contribution in [0, 0.1) is 13.8 Å². The first-order chi connectivity index (χ1) is 31.8. The Hall–Kier alpha value is -7.33. The van der Waals surface area contributed by atoms with Crippen molar-refractivity contribution < 1.29 is 38.2 Å². The predicted octanol–water partition coefficient (Wildman–Crippen LogP) is 2.82. The summed E-state index contributed by atoms with van der Waals surface area (Å²) >= 11 is 0. The first kappa shape index (κ1) is 45.2. The number of morpholine rings is 1. The monoisotopic (exact) mass is 906 g/mol. The van der Waals surface area contributed by atoms with Crippen molar-refractivity contribution in [2.75, 3.05) is 50.2 Å². The molecule has 0 spiro atoms. The standard InChI is InChI=1S/C44H54N14O8/c1-5-56-32(15-24(3)53-56)41(62)51-43-49-30-17-26(39(45)60)19-34(65-13-8-10-48-36(59)21-28-22-64-14-11-47-28)37(30)55(43)12-7-9-29-23-66-35-20-27(40(46)61)18-31-38(35)58(29)44(50-31)52-42(63)33-16-25(4)54-57(33)6-2/h15-20,28-29,47H,5-14,21-23H2,1-4H3,(H2,45,60)(H2,46,61)(H,48,59)(H,49,51,62)(H,50,52,63)/t28-,29-/m0/s1. The number of nitrogens with two attached hydrogens (primary N) is 2. The number of carbonyl (C=O) groups is 5. The third-order valence-electron chi connectivity index (χ3n) is 11.5. The minimum Gasteiger partial charge on any atom is -0.491 e. The van der Waals surface area contributed by atoms with Gasteiger partial charge in [-0.05, 0) is 83.4 Å². The topological polar surface area (TPSA) is 284 Å². The number of anilines is 2. The molecule has 0 saturated carbocycles. The zero-order valence-corrected chi connectivity index (χ0v) is 37.3. The van der Waals surface area contributed by atoms with Gasteiger partial charge in [0, 0.05) is 56.3 Å². The highest BCUT2D eigenvalue weighted by molar-refractivity contribution is 6.05. The second kappa shape index (κ2) is 19.4. The van der Waals surface area contributed by atoms with E-state index in [0.717, 1.165) is 0 Å². The van der Waals surface area contributed by atoms with Crippen molar-refractivity contribution in [1.82, 2.24) is 49.3 Å². The lowest BCUT2D eigenvalue weighted by atomic mass is 10.1. The largest absolute Gasteiger partial charge is 0.491 e. The van der Waals surface area contributed by atoms with Crippen LogP contribution in [0.3, 0.4) is 0 Å². The number of amides is 5. The molecule has 6 aromatic rings. The molecule has 0 bridgehead atoms. The molecule has 6 heterocycles. The molecule has 0 aliphatic carbocycles. The van der Waals surface area contributed by atoms with Crippen molar-refractivity contribution in [2.45, 2.75) is 85.1 Å². The fraction of sp³-hybridized carbons (Fsp3) is 0.432. The molecule has 5 amide bonds. The van der Waals surface area contributed by atoms with Crippen molar-refractivity contribution in [3.63, 3.8) is 0 Å². The first-order valence-electron chi connectivity index (χ1n) is 22.1. The van der Waals surface area contributed by atoms with E-state index in [2.05, 4.69) is 31.5 Å². The number of carbonyl (C=O) groups excluding carboxylic acids is 5. The van der Waals surface area contributed by atoms with E-state index in [4.69, 9.17) is 35.6 Å². The van der Waals surface area contributed by atoms with Crippen LogP contribution in [0.2, 0.25) is 0 Å². The summed E-state index contributed by atoms with van der Waals surface area (Å²) in [5.41, 5.74) is 15.7. The molecule has 66 heavy (non-hydrogen) atoms. The van der Waals surface area contributed by atoms with Gasteiger partial charge in [-0.1, -0.05) is 0 Å². The molecule has 1 saturated heterocycles. The molecule has 1 fully saturated rings. The summed E-state index contributed by atoms with van der Waals surface area (Å²) in [4.78, 5) is 74.8. The van der Waals surface area contributed by atoms with Crippen molar-refractivity contribution in [3.8, 4) is 11.5 Å². The number of benzene rings is 2. The number of nitrogens with one attached hydrogen (secondary N) is 4. The predicted molar refractivity (Wildman–Crippen MR) is 242 cm³/mol. The fourth-order valence-corrected chi connectivity index (χ4v) is 8.44.